The number of methoxy groups -OCH3 is 1. The molecular formula is C40H68N2O7. The fourth-order valence-corrected chi connectivity index (χ4v) is 14.2. The number of nitrogens with zero attached hydrogens (tertiary/aromatic N) is 2. The molecule has 7 aliphatic rings. The Hall–Kier alpha value is -0.970. The van der Waals surface area contributed by atoms with E-state index in [1.54, 1.807) is 7.11 Å². The van der Waals surface area contributed by atoms with E-state index in [-0.39, 0.29) is 57.4 Å². The van der Waals surface area contributed by atoms with E-state index < -0.39 is 17.8 Å². The largest absolute Gasteiger partial charge is 0.446 e. The normalized spacial score (nSPS) is 48.0. The third-order valence-corrected chi connectivity index (χ3v) is 16.6. The SMILES string of the molecule is CCO[C@@H](C1C[C@@H](C)[C@H]2C(O1)[C@H](O)[C@@]1(C)C3CC[C@H]4C(C)(C)[C@@H](OC(=O)N5CCN(CCOC)CC5)CC[C@@]45CC35CC[C@]21C)C(C)(C)O. The first-order valence-electron chi connectivity index (χ1n) is 19.9. The maximum absolute atomic E-state index is 13.5. The van der Waals surface area contributed by atoms with Crippen LogP contribution in [0, 0.1) is 50.7 Å². The first kappa shape index (κ1) is 36.4. The highest BCUT2D eigenvalue weighted by Crippen LogP contribution is 2.89. The van der Waals surface area contributed by atoms with Crippen LogP contribution in [0.4, 0.5) is 4.79 Å². The second kappa shape index (κ2) is 12.3. The highest BCUT2D eigenvalue weighted by molar-refractivity contribution is 5.68. The van der Waals surface area contributed by atoms with Crippen molar-refractivity contribution in [1.82, 2.24) is 9.80 Å². The number of rotatable bonds is 8. The number of aliphatic hydroxyl groups excluding tert-OH is 1. The lowest BCUT2D eigenvalue weighted by molar-refractivity contribution is -0.215. The molecule has 13 atom stereocenters. The van der Waals surface area contributed by atoms with Crippen molar-refractivity contribution in [2.45, 2.75) is 143 Å². The van der Waals surface area contributed by atoms with Gasteiger partial charge in [-0.1, -0.05) is 34.6 Å². The Morgan fingerprint density at radius 1 is 1.00 bits per heavy atom. The van der Waals surface area contributed by atoms with Crippen molar-refractivity contribution in [3.05, 3.63) is 0 Å². The summed E-state index contributed by atoms with van der Waals surface area (Å²) in [4.78, 5) is 17.8. The van der Waals surface area contributed by atoms with Gasteiger partial charge in [-0.15, -0.1) is 0 Å². The smallest absolute Gasteiger partial charge is 0.410 e. The predicted octanol–water partition coefficient (Wildman–Crippen LogP) is 5.75. The van der Waals surface area contributed by atoms with E-state index in [2.05, 4.69) is 39.5 Å². The highest BCUT2D eigenvalue weighted by atomic mass is 16.6. The lowest BCUT2D eigenvalue weighted by atomic mass is 9.41. The number of carbonyl (C=O) groups is 1. The summed E-state index contributed by atoms with van der Waals surface area (Å²) in [5.74, 6) is 1.62. The fraction of sp³-hybridized carbons (Fsp3) is 0.975. The van der Waals surface area contributed by atoms with Crippen molar-refractivity contribution < 1.29 is 34.0 Å². The van der Waals surface area contributed by atoms with Crippen LogP contribution in [0.25, 0.3) is 0 Å². The van der Waals surface area contributed by atoms with Crippen LogP contribution in [0.1, 0.15) is 107 Å². The molecule has 5 aliphatic carbocycles. The molecule has 49 heavy (non-hydrogen) atoms. The number of fused-ring (bicyclic) bond motifs is 4. The van der Waals surface area contributed by atoms with Crippen molar-refractivity contribution in [2.24, 2.45) is 50.7 Å². The Morgan fingerprint density at radius 3 is 2.33 bits per heavy atom. The maximum atomic E-state index is 13.5. The Morgan fingerprint density at radius 2 is 1.67 bits per heavy atom. The number of hydrogen-bond acceptors (Lipinski definition) is 8. The van der Waals surface area contributed by atoms with Crippen LogP contribution in [0.2, 0.25) is 0 Å². The minimum Gasteiger partial charge on any atom is -0.446 e. The first-order chi connectivity index (χ1) is 23.0. The Bertz CT molecular complexity index is 1250. The zero-order valence-corrected chi connectivity index (χ0v) is 32.1. The van der Waals surface area contributed by atoms with E-state index in [1.165, 1.54) is 12.8 Å². The standard InChI is InChI=1S/C40H68N2O7/c1-10-47-33(36(5,6)45)26-23-25(2)30-31(48-26)32(43)38(8)28-12-11-27-35(3,4)29(13-14-39(27)24-40(28,39)16-15-37(30,38)7)49-34(44)42-19-17-41(18-20-42)21-22-46-9/h25-33,43,45H,10-24H2,1-9H3/t25-,26?,27+,28?,29+,30+,31?,32+,33+,37-,38-,39-,40?/m1/s1. The van der Waals surface area contributed by atoms with Crippen molar-refractivity contribution in [3.63, 3.8) is 0 Å². The topological polar surface area (TPSA) is 101 Å². The summed E-state index contributed by atoms with van der Waals surface area (Å²) in [6, 6.07) is 0. The van der Waals surface area contributed by atoms with Gasteiger partial charge in [0, 0.05) is 57.3 Å². The molecule has 0 aromatic rings. The highest BCUT2D eigenvalue weighted by Gasteiger charge is 2.84. The molecule has 9 nitrogen and oxygen atoms in total. The lowest BCUT2D eigenvalue weighted by Gasteiger charge is -2.63. The summed E-state index contributed by atoms with van der Waals surface area (Å²) in [6.07, 6.45) is 7.06. The Balaban J connectivity index is 1.08. The van der Waals surface area contributed by atoms with Gasteiger partial charge in [0.2, 0.25) is 0 Å². The van der Waals surface area contributed by atoms with Gasteiger partial charge in [-0.25, -0.2) is 4.79 Å². The fourth-order valence-electron chi connectivity index (χ4n) is 14.2. The summed E-state index contributed by atoms with van der Waals surface area (Å²) in [6.45, 7) is 22.9. The van der Waals surface area contributed by atoms with Gasteiger partial charge >= 0.3 is 6.09 Å². The van der Waals surface area contributed by atoms with Crippen LogP contribution < -0.4 is 0 Å². The second-order valence-corrected chi connectivity index (χ2v) is 19.3. The predicted molar refractivity (Wildman–Crippen MR) is 188 cm³/mol. The van der Waals surface area contributed by atoms with Crippen LogP contribution in [-0.2, 0) is 18.9 Å². The van der Waals surface area contributed by atoms with Crippen LogP contribution in [0.5, 0.6) is 0 Å². The van der Waals surface area contributed by atoms with Gasteiger partial charge in [-0.2, -0.15) is 0 Å². The van der Waals surface area contributed by atoms with Crippen LogP contribution >= 0.6 is 0 Å². The molecule has 2 saturated heterocycles. The molecular weight excluding hydrogens is 620 g/mol. The van der Waals surface area contributed by atoms with Gasteiger partial charge in [-0.05, 0) is 112 Å². The van der Waals surface area contributed by atoms with Gasteiger partial charge in [0.15, 0.2) is 0 Å². The number of amides is 1. The zero-order chi connectivity index (χ0) is 35.4. The molecule has 280 valence electrons. The molecule has 4 unspecified atom stereocenters. The van der Waals surface area contributed by atoms with Crippen molar-refractivity contribution in [3.8, 4) is 0 Å². The van der Waals surface area contributed by atoms with Crippen molar-refractivity contribution >= 4 is 6.09 Å². The molecule has 0 bridgehead atoms. The van der Waals surface area contributed by atoms with E-state index in [1.807, 2.05) is 25.7 Å². The Labute approximate surface area is 296 Å². The molecule has 0 aromatic carbocycles. The van der Waals surface area contributed by atoms with E-state index in [4.69, 9.17) is 18.9 Å². The van der Waals surface area contributed by atoms with Crippen LogP contribution in [-0.4, -0.2) is 115 Å². The third kappa shape index (κ3) is 5.15. The lowest BCUT2D eigenvalue weighted by Crippen LogP contribution is -2.60. The minimum atomic E-state index is -1.03. The molecule has 2 spiro atoms. The number of piperazine rings is 1. The molecule has 0 aromatic heterocycles. The van der Waals surface area contributed by atoms with Gasteiger partial charge in [0.1, 0.15) is 12.2 Å². The minimum absolute atomic E-state index is 0.0142. The number of ether oxygens (including phenoxy) is 4. The summed E-state index contributed by atoms with van der Waals surface area (Å²) in [7, 11) is 1.73. The van der Waals surface area contributed by atoms with Crippen molar-refractivity contribution in [1.29, 1.82) is 0 Å². The van der Waals surface area contributed by atoms with E-state index in [0.717, 1.165) is 64.8 Å². The molecule has 9 heteroatoms. The summed E-state index contributed by atoms with van der Waals surface area (Å²) in [5.41, 5.74) is -0.870. The van der Waals surface area contributed by atoms with Crippen molar-refractivity contribution in [2.75, 3.05) is 53.0 Å². The number of aliphatic hydroxyl groups is 2. The third-order valence-electron chi connectivity index (χ3n) is 16.6. The number of hydrogen-bond donors (Lipinski definition) is 2. The molecule has 5 saturated carbocycles. The molecule has 0 radical (unpaired) electrons. The Kier molecular flexibility index (Phi) is 9.13. The average molecular weight is 689 g/mol. The molecule has 2 aliphatic heterocycles. The van der Waals surface area contributed by atoms with Gasteiger partial charge in [0.25, 0.3) is 0 Å². The molecule has 1 amide bonds. The van der Waals surface area contributed by atoms with E-state index in [9.17, 15) is 15.0 Å². The quantitative estimate of drug-likeness (QED) is 0.333. The molecule has 7 fully saturated rings. The summed E-state index contributed by atoms with van der Waals surface area (Å²) < 4.78 is 24.8. The van der Waals surface area contributed by atoms with Crippen LogP contribution in [0.3, 0.4) is 0 Å². The molecule has 7 rings (SSSR count). The van der Waals surface area contributed by atoms with E-state index in [0.29, 0.717) is 37.5 Å². The monoisotopic (exact) mass is 689 g/mol. The zero-order valence-electron chi connectivity index (χ0n) is 32.1. The van der Waals surface area contributed by atoms with Crippen LogP contribution in [0.15, 0.2) is 0 Å². The van der Waals surface area contributed by atoms with Gasteiger partial charge in [-0.3, -0.25) is 4.90 Å². The van der Waals surface area contributed by atoms with Gasteiger partial charge in [0.05, 0.1) is 30.5 Å². The first-order valence-corrected chi connectivity index (χ1v) is 19.9. The van der Waals surface area contributed by atoms with E-state index >= 15 is 0 Å². The summed E-state index contributed by atoms with van der Waals surface area (Å²) in [5, 5.41) is 23.7. The molecule has 2 heterocycles. The molecule has 2 N–H and O–H groups in total. The maximum Gasteiger partial charge on any atom is 0.410 e. The average Bonchev–Trinajstić information content (AvgIpc) is 3.68. The number of carbonyl (C=O) groups excluding carboxylic acids is 1. The summed E-state index contributed by atoms with van der Waals surface area (Å²) >= 11 is 0. The second-order valence-electron chi connectivity index (χ2n) is 19.3. The van der Waals surface area contributed by atoms with Gasteiger partial charge < -0.3 is 34.1 Å².